The molecule has 0 bridgehead atoms. The van der Waals surface area contributed by atoms with Crippen LogP contribution in [0.25, 0.3) is 0 Å². The third kappa shape index (κ3) is 4.35. The zero-order valence-corrected chi connectivity index (χ0v) is 15.7. The Labute approximate surface area is 161 Å². The molecular weight excluding hydrogens is 338 g/mol. The van der Waals surface area contributed by atoms with E-state index in [1.165, 1.54) is 37.3 Å². The number of benzene rings is 2. The lowest BCUT2D eigenvalue weighted by Crippen LogP contribution is -2.50. The summed E-state index contributed by atoms with van der Waals surface area (Å²) in [7, 11) is 0. The summed E-state index contributed by atoms with van der Waals surface area (Å²) in [5.74, 6) is 0.797. The second kappa shape index (κ2) is 8.33. The number of carbonyl (C=O) groups is 1. The zero-order valence-electron chi connectivity index (χ0n) is 15.7. The monoisotopic (exact) mass is 365 g/mol. The number of carbonyl (C=O) groups excluding carboxylic acids is 1. The first-order chi connectivity index (χ1) is 13.3. The SMILES string of the molecule is O=C(COc1ccccc1)N1CCN(c2ccc(N3CCCC3)cc2)CC1. The zero-order chi connectivity index (χ0) is 18.5. The molecule has 2 aliphatic rings. The molecule has 0 spiro atoms. The lowest BCUT2D eigenvalue weighted by Gasteiger charge is -2.36. The number of anilines is 2. The predicted molar refractivity (Wildman–Crippen MR) is 109 cm³/mol. The van der Waals surface area contributed by atoms with Crippen LogP contribution in [0, 0.1) is 0 Å². The highest BCUT2D eigenvalue weighted by molar-refractivity contribution is 5.78. The van der Waals surface area contributed by atoms with Crippen LogP contribution < -0.4 is 14.5 Å². The lowest BCUT2D eigenvalue weighted by atomic mass is 10.2. The summed E-state index contributed by atoms with van der Waals surface area (Å²) in [4.78, 5) is 19.1. The summed E-state index contributed by atoms with van der Waals surface area (Å²) in [6.07, 6.45) is 2.59. The molecule has 4 rings (SSSR count). The van der Waals surface area contributed by atoms with Gasteiger partial charge in [0.1, 0.15) is 5.75 Å². The molecule has 0 atom stereocenters. The largest absolute Gasteiger partial charge is 0.484 e. The van der Waals surface area contributed by atoms with Gasteiger partial charge in [0.2, 0.25) is 0 Å². The van der Waals surface area contributed by atoms with Crippen LogP contribution in [0.1, 0.15) is 12.8 Å². The molecule has 0 N–H and O–H groups in total. The van der Waals surface area contributed by atoms with Gasteiger partial charge < -0.3 is 19.4 Å². The van der Waals surface area contributed by atoms with Gasteiger partial charge in [0, 0.05) is 50.6 Å². The Morgan fingerprint density at radius 2 is 1.30 bits per heavy atom. The van der Waals surface area contributed by atoms with Crippen molar-refractivity contribution < 1.29 is 9.53 Å². The molecule has 1 amide bonds. The van der Waals surface area contributed by atoms with E-state index in [0.717, 1.165) is 31.9 Å². The maximum Gasteiger partial charge on any atom is 0.260 e. The molecule has 2 aromatic carbocycles. The molecule has 27 heavy (non-hydrogen) atoms. The van der Waals surface area contributed by atoms with E-state index in [9.17, 15) is 4.79 Å². The first kappa shape index (κ1) is 17.7. The third-order valence-corrected chi connectivity index (χ3v) is 5.42. The van der Waals surface area contributed by atoms with Crippen molar-refractivity contribution in [1.29, 1.82) is 0 Å². The van der Waals surface area contributed by atoms with Crippen molar-refractivity contribution in [2.24, 2.45) is 0 Å². The number of para-hydroxylation sites is 1. The van der Waals surface area contributed by atoms with E-state index < -0.39 is 0 Å². The Hall–Kier alpha value is -2.69. The summed E-state index contributed by atoms with van der Waals surface area (Å²) in [5, 5.41) is 0. The van der Waals surface area contributed by atoms with Gasteiger partial charge >= 0.3 is 0 Å². The molecular formula is C22H27N3O2. The number of piperazine rings is 1. The minimum Gasteiger partial charge on any atom is -0.484 e. The van der Waals surface area contributed by atoms with E-state index in [-0.39, 0.29) is 12.5 Å². The Morgan fingerprint density at radius 1 is 0.741 bits per heavy atom. The lowest BCUT2D eigenvalue weighted by molar-refractivity contribution is -0.133. The standard InChI is InChI=1S/C22H27N3O2/c26-22(18-27-21-6-2-1-3-7-21)25-16-14-24(15-17-25)20-10-8-19(9-11-20)23-12-4-5-13-23/h1-3,6-11H,4-5,12-18H2. The molecule has 2 aliphatic heterocycles. The van der Waals surface area contributed by atoms with Crippen molar-refractivity contribution in [1.82, 2.24) is 4.90 Å². The van der Waals surface area contributed by atoms with Crippen molar-refractivity contribution >= 4 is 17.3 Å². The van der Waals surface area contributed by atoms with Crippen LogP contribution in [0.5, 0.6) is 5.75 Å². The fourth-order valence-electron chi connectivity index (χ4n) is 3.82. The van der Waals surface area contributed by atoms with Crippen molar-refractivity contribution in [3.63, 3.8) is 0 Å². The van der Waals surface area contributed by atoms with Gasteiger partial charge in [-0.05, 0) is 49.2 Å². The number of nitrogens with zero attached hydrogens (tertiary/aromatic N) is 3. The van der Waals surface area contributed by atoms with Gasteiger partial charge in [-0.25, -0.2) is 0 Å². The normalized spacial score (nSPS) is 17.3. The number of hydrogen-bond acceptors (Lipinski definition) is 4. The Bertz CT molecular complexity index is 734. The van der Waals surface area contributed by atoms with Crippen molar-refractivity contribution in [3.05, 3.63) is 54.6 Å². The summed E-state index contributed by atoms with van der Waals surface area (Å²) in [6, 6.07) is 18.4. The Kier molecular flexibility index (Phi) is 5.47. The minimum atomic E-state index is 0.0582. The summed E-state index contributed by atoms with van der Waals surface area (Å²) in [5.41, 5.74) is 2.56. The molecule has 5 nitrogen and oxygen atoms in total. The van der Waals surface area contributed by atoms with Gasteiger partial charge in [0.05, 0.1) is 0 Å². The molecule has 0 aliphatic carbocycles. The molecule has 142 valence electrons. The van der Waals surface area contributed by atoms with Crippen molar-refractivity contribution in [3.8, 4) is 5.75 Å². The van der Waals surface area contributed by atoms with Crippen LogP contribution in [0.4, 0.5) is 11.4 Å². The third-order valence-electron chi connectivity index (χ3n) is 5.42. The maximum atomic E-state index is 12.4. The van der Waals surface area contributed by atoms with Crippen LogP contribution in [-0.4, -0.2) is 56.7 Å². The van der Waals surface area contributed by atoms with Crippen LogP contribution in [-0.2, 0) is 4.79 Å². The predicted octanol–water partition coefficient (Wildman–Crippen LogP) is 3.01. The first-order valence-electron chi connectivity index (χ1n) is 9.85. The first-order valence-corrected chi connectivity index (χ1v) is 9.85. The van der Waals surface area contributed by atoms with Crippen LogP contribution in [0.3, 0.4) is 0 Å². The second-order valence-electron chi connectivity index (χ2n) is 7.18. The molecule has 0 saturated carbocycles. The topological polar surface area (TPSA) is 36.0 Å². The summed E-state index contributed by atoms with van der Waals surface area (Å²) in [6.45, 7) is 5.65. The average molecular weight is 365 g/mol. The van der Waals surface area contributed by atoms with E-state index >= 15 is 0 Å². The van der Waals surface area contributed by atoms with Gasteiger partial charge in [0.25, 0.3) is 5.91 Å². The highest BCUT2D eigenvalue weighted by Crippen LogP contribution is 2.24. The van der Waals surface area contributed by atoms with Crippen LogP contribution in [0.2, 0.25) is 0 Å². The highest BCUT2D eigenvalue weighted by Gasteiger charge is 2.22. The number of ether oxygens (including phenoxy) is 1. The minimum absolute atomic E-state index is 0.0582. The van der Waals surface area contributed by atoms with E-state index in [2.05, 4.69) is 34.1 Å². The van der Waals surface area contributed by atoms with E-state index in [1.807, 2.05) is 35.2 Å². The number of hydrogen-bond donors (Lipinski definition) is 0. The smallest absolute Gasteiger partial charge is 0.260 e. The highest BCUT2D eigenvalue weighted by atomic mass is 16.5. The molecule has 2 saturated heterocycles. The fourth-order valence-corrected chi connectivity index (χ4v) is 3.82. The van der Waals surface area contributed by atoms with Gasteiger partial charge in [0.15, 0.2) is 6.61 Å². The second-order valence-corrected chi connectivity index (χ2v) is 7.18. The number of rotatable bonds is 5. The van der Waals surface area contributed by atoms with Crippen LogP contribution in [0.15, 0.2) is 54.6 Å². The number of amides is 1. The van der Waals surface area contributed by atoms with Gasteiger partial charge in [-0.2, -0.15) is 0 Å². The van der Waals surface area contributed by atoms with Crippen molar-refractivity contribution in [2.45, 2.75) is 12.8 Å². The summed E-state index contributed by atoms with van der Waals surface area (Å²) < 4.78 is 5.58. The molecule has 0 radical (unpaired) electrons. The molecule has 0 aromatic heterocycles. The Balaban J connectivity index is 1.26. The quantitative estimate of drug-likeness (QED) is 0.816. The average Bonchev–Trinajstić information content (AvgIpc) is 3.28. The van der Waals surface area contributed by atoms with Crippen LogP contribution >= 0.6 is 0 Å². The van der Waals surface area contributed by atoms with Gasteiger partial charge in [-0.3, -0.25) is 4.79 Å². The van der Waals surface area contributed by atoms with E-state index in [0.29, 0.717) is 0 Å². The fraction of sp³-hybridized carbons (Fsp3) is 0.409. The molecule has 2 heterocycles. The van der Waals surface area contributed by atoms with Gasteiger partial charge in [-0.1, -0.05) is 18.2 Å². The maximum absolute atomic E-state index is 12.4. The van der Waals surface area contributed by atoms with Gasteiger partial charge in [-0.15, -0.1) is 0 Å². The van der Waals surface area contributed by atoms with Crippen molar-refractivity contribution in [2.75, 3.05) is 55.7 Å². The molecule has 0 unspecified atom stereocenters. The molecule has 2 aromatic rings. The molecule has 2 fully saturated rings. The van der Waals surface area contributed by atoms with E-state index in [1.54, 1.807) is 0 Å². The molecule has 5 heteroatoms. The van der Waals surface area contributed by atoms with E-state index in [4.69, 9.17) is 4.74 Å². The Morgan fingerprint density at radius 3 is 1.89 bits per heavy atom. The summed E-state index contributed by atoms with van der Waals surface area (Å²) >= 11 is 0.